The van der Waals surface area contributed by atoms with E-state index in [4.69, 9.17) is 0 Å². The molecule has 94 valence electrons. The number of phenols is 1. The van der Waals surface area contributed by atoms with Crippen LogP contribution in [0, 0.1) is 0 Å². The highest BCUT2D eigenvalue weighted by molar-refractivity contribution is 5.76. The molecule has 0 aliphatic carbocycles. The minimum atomic E-state index is -0.813. The van der Waals surface area contributed by atoms with E-state index >= 15 is 0 Å². The number of hydrogen-bond acceptors (Lipinski definition) is 2. The van der Waals surface area contributed by atoms with E-state index < -0.39 is 11.9 Å². The van der Waals surface area contributed by atoms with E-state index in [2.05, 4.69) is 6.92 Å². The van der Waals surface area contributed by atoms with Crippen LogP contribution in [0.15, 0.2) is 24.3 Å². The van der Waals surface area contributed by atoms with Gasteiger partial charge < -0.3 is 10.2 Å². The van der Waals surface area contributed by atoms with Gasteiger partial charge >= 0.3 is 5.97 Å². The van der Waals surface area contributed by atoms with Gasteiger partial charge in [0.2, 0.25) is 0 Å². The molecule has 0 bridgehead atoms. The molecular formula is C14H20O3. The number of carboxylic acids is 1. The van der Waals surface area contributed by atoms with Crippen molar-refractivity contribution in [3.05, 3.63) is 29.8 Å². The predicted octanol–water partition coefficient (Wildman–Crippen LogP) is 3.53. The SMILES string of the molecule is CCCCCCC(C(=O)O)c1cccc(O)c1. The normalized spacial score (nSPS) is 12.3. The first-order chi connectivity index (χ1) is 8.15. The lowest BCUT2D eigenvalue weighted by molar-refractivity contribution is -0.139. The van der Waals surface area contributed by atoms with Crippen molar-refractivity contribution in [2.75, 3.05) is 0 Å². The van der Waals surface area contributed by atoms with Gasteiger partial charge in [0, 0.05) is 0 Å². The molecular weight excluding hydrogens is 216 g/mol. The van der Waals surface area contributed by atoms with E-state index in [0.29, 0.717) is 12.0 Å². The second kappa shape index (κ2) is 6.94. The molecule has 0 amide bonds. The summed E-state index contributed by atoms with van der Waals surface area (Å²) in [5, 5.41) is 18.6. The van der Waals surface area contributed by atoms with Crippen molar-refractivity contribution in [3.63, 3.8) is 0 Å². The molecule has 2 N–H and O–H groups in total. The van der Waals surface area contributed by atoms with Crippen LogP contribution in [-0.2, 0) is 4.79 Å². The molecule has 1 unspecified atom stereocenters. The van der Waals surface area contributed by atoms with Crippen LogP contribution < -0.4 is 0 Å². The van der Waals surface area contributed by atoms with Crippen molar-refractivity contribution >= 4 is 5.97 Å². The molecule has 0 aromatic heterocycles. The Labute approximate surface area is 102 Å². The lowest BCUT2D eigenvalue weighted by Gasteiger charge is -2.12. The van der Waals surface area contributed by atoms with Crippen molar-refractivity contribution in [1.82, 2.24) is 0 Å². The first-order valence-electron chi connectivity index (χ1n) is 6.17. The molecule has 0 aliphatic rings. The molecule has 0 saturated carbocycles. The molecule has 3 heteroatoms. The van der Waals surface area contributed by atoms with Crippen LogP contribution in [0.1, 0.15) is 50.5 Å². The number of aromatic hydroxyl groups is 1. The lowest BCUT2D eigenvalue weighted by atomic mass is 9.93. The van der Waals surface area contributed by atoms with Gasteiger partial charge in [-0.2, -0.15) is 0 Å². The number of rotatable bonds is 7. The zero-order valence-electron chi connectivity index (χ0n) is 10.2. The van der Waals surface area contributed by atoms with E-state index in [1.807, 2.05) is 0 Å². The van der Waals surface area contributed by atoms with Crippen molar-refractivity contribution in [3.8, 4) is 5.75 Å². The van der Waals surface area contributed by atoms with Crippen LogP contribution >= 0.6 is 0 Å². The van der Waals surface area contributed by atoms with Gasteiger partial charge in [0.05, 0.1) is 5.92 Å². The van der Waals surface area contributed by atoms with Gasteiger partial charge in [0.15, 0.2) is 0 Å². The fourth-order valence-electron chi connectivity index (χ4n) is 1.95. The number of carboxylic acid groups (broad SMARTS) is 1. The van der Waals surface area contributed by atoms with Crippen LogP contribution in [0.4, 0.5) is 0 Å². The second-order valence-corrected chi connectivity index (χ2v) is 4.34. The van der Waals surface area contributed by atoms with E-state index in [1.54, 1.807) is 24.3 Å². The molecule has 0 aliphatic heterocycles. The third-order valence-electron chi connectivity index (χ3n) is 2.92. The van der Waals surface area contributed by atoms with Gasteiger partial charge in [0.1, 0.15) is 5.75 Å². The number of benzene rings is 1. The second-order valence-electron chi connectivity index (χ2n) is 4.34. The Bertz CT molecular complexity index is 360. The Morgan fingerprint density at radius 1 is 1.29 bits per heavy atom. The average Bonchev–Trinajstić information content (AvgIpc) is 2.28. The lowest BCUT2D eigenvalue weighted by Crippen LogP contribution is -2.11. The largest absolute Gasteiger partial charge is 0.508 e. The number of phenolic OH excluding ortho intramolecular Hbond substituents is 1. The summed E-state index contributed by atoms with van der Waals surface area (Å²) in [5.74, 6) is -1.19. The first kappa shape index (κ1) is 13.6. The van der Waals surface area contributed by atoms with Gasteiger partial charge in [-0.25, -0.2) is 0 Å². The summed E-state index contributed by atoms with van der Waals surface area (Å²) in [6, 6.07) is 6.54. The number of aliphatic carboxylic acids is 1. The topological polar surface area (TPSA) is 57.5 Å². The summed E-state index contributed by atoms with van der Waals surface area (Å²) in [4.78, 5) is 11.2. The molecule has 1 aromatic carbocycles. The maximum atomic E-state index is 11.2. The summed E-state index contributed by atoms with van der Waals surface area (Å²) in [6.07, 6.45) is 4.91. The maximum Gasteiger partial charge on any atom is 0.310 e. The molecule has 0 saturated heterocycles. The predicted molar refractivity (Wildman–Crippen MR) is 67.2 cm³/mol. The Morgan fingerprint density at radius 3 is 2.65 bits per heavy atom. The van der Waals surface area contributed by atoms with Crippen molar-refractivity contribution in [2.45, 2.75) is 44.9 Å². The third kappa shape index (κ3) is 4.47. The highest BCUT2D eigenvalue weighted by Gasteiger charge is 2.19. The monoisotopic (exact) mass is 236 g/mol. The van der Waals surface area contributed by atoms with Crippen LogP contribution in [0.25, 0.3) is 0 Å². The summed E-state index contributed by atoms with van der Waals surface area (Å²) in [5.41, 5.74) is 0.689. The van der Waals surface area contributed by atoms with Crippen LogP contribution in [0.2, 0.25) is 0 Å². The van der Waals surface area contributed by atoms with Gasteiger partial charge in [-0.05, 0) is 24.1 Å². The molecule has 0 fully saturated rings. The molecule has 17 heavy (non-hydrogen) atoms. The average molecular weight is 236 g/mol. The minimum Gasteiger partial charge on any atom is -0.508 e. The Balaban J connectivity index is 2.63. The Morgan fingerprint density at radius 2 is 2.06 bits per heavy atom. The molecule has 0 heterocycles. The van der Waals surface area contributed by atoms with Gasteiger partial charge in [0.25, 0.3) is 0 Å². The fourth-order valence-corrected chi connectivity index (χ4v) is 1.95. The zero-order chi connectivity index (χ0) is 12.7. The maximum absolute atomic E-state index is 11.2. The Kier molecular flexibility index (Phi) is 5.53. The number of carbonyl (C=O) groups is 1. The van der Waals surface area contributed by atoms with Crippen molar-refractivity contribution in [2.24, 2.45) is 0 Å². The summed E-state index contributed by atoms with van der Waals surface area (Å²) in [7, 11) is 0. The standard InChI is InChI=1S/C14H20O3/c1-2-3-4-5-9-13(14(16)17)11-7-6-8-12(15)10-11/h6-8,10,13,15H,2-5,9H2,1H3,(H,16,17). The Hall–Kier alpha value is -1.51. The third-order valence-corrected chi connectivity index (χ3v) is 2.92. The molecule has 1 aromatic rings. The van der Waals surface area contributed by atoms with Crippen LogP contribution in [0.3, 0.4) is 0 Å². The van der Waals surface area contributed by atoms with Crippen molar-refractivity contribution in [1.29, 1.82) is 0 Å². The minimum absolute atomic E-state index is 0.127. The summed E-state index contributed by atoms with van der Waals surface area (Å²) < 4.78 is 0. The number of hydrogen-bond donors (Lipinski definition) is 2. The van der Waals surface area contributed by atoms with E-state index in [1.165, 1.54) is 0 Å². The molecule has 3 nitrogen and oxygen atoms in total. The molecule has 1 atom stereocenters. The first-order valence-corrected chi connectivity index (χ1v) is 6.17. The van der Waals surface area contributed by atoms with Crippen LogP contribution in [-0.4, -0.2) is 16.2 Å². The summed E-state index contributed by atoms with van der Waals surface area (Å²) in [6.45, 7) is 2.13. The number of unbranched alkanes of at least 4 members (excludes halogenated alkanes) is 3. The van der Waals surface area contributed by atoms with E-state index in [-0.39, 0.29) is 5.75 Å². The van der Waals surface area contributed by atoms with Gasteiger partial charge in [-0.3, -0.25) is 4.79 Å². The van der Waals surface area contributed by atoms with Crippen LogP contribution in [0.5, 0.6) is 5.75 Å². The molecule has 0 radical (unpaired) electrons. The highest BCUT2D eigenvalue weighted by atomic mass is 16.4. The van der Waals surface area contributed by atoms with Crippen molar-refractivity contribution < 1.29 is 15.0 Å². The molecule has 1 rings (SSSR count). The van der Waals surface area contributed by atoms with Gasteiger partial charge in [-0.15, -0.1) is 0 Å². The fraction of sp³-hybridized carbons (Fsp3) is 0.500. The highest BCUT2D eigenvalue weighted by Crippen LogP contribution is 2.25. The van der Waals surface area contributed by atoms with Gasteiger partial charge in [-0.1, -0.05) is 44.7 Å². The zero-order valence-corrected chi connectivity index (χ0v) is 10.2. The summed E-state index contributed by atoms with van der Waals surface area (Å²) >= 11 is 0. The smallest absolute Gasteiger partial charge is 0.310 e. The molecule has 0 spiro atoms. The quantitative estimate of drug-likeness (QED) is 0.712. The van der Waals surface area contributed by atoms with E-state index in [9.17, 15) is 15.0 Å². The van der Waals surface area contributed by atoms with E-state index in [0.717, 1.165) is 25.7 Å².